The van der Waals surface area contributed by atoms with Gasteiger partial charge in [0.15, 0.2) is 0 Å². The van der Waals surface area contributed by atoms with Crippen molar-refractivity contribution in [3.63, 3.8) is 0 Å². The second-order valence-electron chi connectivity index (χ2n) is 10.7. The lowest BCUT2D eigenvalue weighted by atomic mass is 9.87. The zero-order valence-corrected chi connectivity index (χ0v) is 21.2. The van der Waals surface area contributed by atoms with E-state index >= 15 is 0 Å². The lowest BCUT2D eigenvalue weighted by Crippen LogP contribution is -2.52. The van der Waals surface area contributed by atoms with Gasteiger partial charge in [0, 0.05) is 44.6 Å². The molecule has 0 radical (unpaired) electrons. The van der Waals surface area contributed by atoms with Crippen molar-refractivity contribution in [3.8, 4) is 11.6 Å². The molecule has 2 aromatic rings. The Morgan fingerprint density at radius 1 is 1.06 bits per heavy atom. The fourth-order valence-corrected chi connectivity index (χ4v) is 6.55. The van der Waals surface area contributed by atoms with Crippen LogP contribution in [-0.2, 0) is 15.4 Å². The number of sulfonamides is 1. The van der Waals surface area contributed by atoms with Gasteiger partial charge in [-0.1, -0.05) is 26.8 Å². The molecule has 34 heavy (non-hydrogen) atoms. The molecule has 1 aromatic carbocycles. The predicted octanol–water partition coefficient (Wildman–Crippen LogP) is 3.19. The molecule has 1 saturated carbocycles. The van der Waals surface area contributed by atoms with Gasteiger partial charge >= 0.3 is 0 Å². The summed E-state index contributed by atoms with van der Waals surface area (Å²) < 4.78 is 40.5. The van der Waals surface area contributed by atoms with E-state index in [0.717, 1.165) is 24.2 Å². The average Bonchev–Trinajstić information content (AvgIpc) is 3.58. The SMILES string of the molecule is COc1ccc(C(C)(C)C)cc1S(=O)(=O)N1CCN2C[C@H](Oc3cnc(C4CC4)cn3)C[C@H]2C1. The molecule has 1 aromatic heterocycles. The van der Waals surface area contributed by atoms with E-state index in [4.69, 9.17) is 9.47 Å². The number of methoxy groups -OCH3 is 1. The van der Waals surface area contributed by atoms with Crippen molar-refractivity contribution in [2.24, 2.45) is 0 Å². The van der Waals surface area contributed by atoms with E-state index in [-0.39, 0.29) is 22.5 Å². The number of rotatable bonds is 6. The van der Waals surface area contributed by atoms with Crippen LogP contribution in [0.5, 0.6) is 11.6 Å². The van der Waals surface area contributed by atoms with Crippen LogP contribution in [0, 0.1) is 0 Å². The molecule has 2 atom stereocenters. The fraction of sp³-hybridized carbons (Fsp3) is 0.600. The average molecular weight is 487 g/mol. The quantitative estimate of drug-likeness (QED) is 0.620. The molecular weight excluding hydrogens is 452 g/mol. The van der Waals surface area contributed by atoms with Crippen LogP contribution in [0.1, 0.15) is 57.2 Å². The summed E-state index contributed by atoms with van der Waals surface area (Å²) in [5, 5.41) is 0. The molecule has 0 bridgehead atoms. The fourth-order valence-electron chi connectivity index (χ4n) is 4.90. The van der Waals surface area contributed by atoms with Gasteiger partial charge in [-0.3, -0.25) is 9.88 Å². The third-order valence-electron chi connectivity index (χ3n) is 7.12. The molecule has 0 spiro atoms. The van der Waals surface area contributed by atoms with E-state index in [2.05, 4.69) is 35.6 Å². The molecule has 8 nitrogen and oxygen atoms in total. The van der Waals surface area contributed by atoms with Crippen molar-refractivity contribution in [2.75, 3.05) is 33.3 Å². The Balaban J connectivity index is 1.28. The molecule has 2 saturated heterocycles. The smallest absolute Gasteiger partial charge is 0.246 e. The highest BCUT2D eigenvalue weighted by Gasteiger charge is 2.41. The number of hydrogen-bond donors (Lipinski definition) is 0. The van der Waals surface area contributed by atoms with Gasteiger partial charge in [-0.25, -0.2) is 13.4 Å². The monoisotopic (exact) mass is 486 g/mol. The van der Waals surface area contributed by atoms with E-state index in [1.807, 2.05) is 12.3 Å². The molecule has 3 aliphatic rings. The second-order valence-corrected chi connectivity index (χ2v) is 12.6. The van der Waals surface area contributed by atoms with Crippen LogP contribution in [0.15, 0.2) is 35.5 Å². The summed E-state index contributed by atoms with van der Waals surface area (Å²) in [4.78, 5) is 11.5. The van der Waals surface area contributed by atoms with Crippen molar-refractivity contribution in [2.45, 2.75) is 68.4 Å². The summed E-state index contributed by atoms with van der Waals surface area (Å²) in [6.45, 7) is 8.57. The molecule has 0 unspecified atom stereocenters. The van der Waals surface area contributed by atoms with Crippen LogP contribution in [0.2, 0.25) is 0 Å². The number of ether oxygens (including phenoxy) is 2. The standard InChI is InChI=1S/C25H34N4O4S/c1-25(2,3)18-7-8-22(32-4)23(11-18)34(30,31)29-10-9-28-16-20(12-19(28)15-29)33-24-14-26-21(13-27-24)17-5-6-17/h7-8,11,13-14,17,19-20H,5-6,9-10,12,15-16H2,1-4H3/t19-,20+/m0/s1. The third-order valence-corrected chi connectivity index (χ3v) is 9.01. The Kier molecular flexibility index (Phi) is 6.06. The summed E-state index contributed by atoms with van der Waals surface area (Å²) in [7, 11) is -2.18. The van der Waals surface area contributed by atoms with Crippen LogP contribution >= 0.6 is 0 Å². The summed E-state index contributed by atoms with van der Waals surface area (Å²) in [6, 6.07) is 5.59. The van der Waals surface area contributed by atoms with Crippen molar-refractivity contribution in [1.82, 2.24) is 19.2 Å². The maximum absolute atomic E-state index is 13.7. The number of aromatic nitrogens is 2. The number of nitrogens with zero attached hydrogens (tertiary/aromatic N) is 4. The van der Waals surface area contributed by atoms with Gasteiger partial charge in [0.25, 0.3) is 0 Å². The maximum Gasteiger partial charge on any atom is 0.246 e. The summed E-state index contributed by atoms with van der Waals surface area (Å²) in [5.74, 6) is 1.50. The number of fused-ring (bicyclic) bond motifs is 1. The number of hydrogen-bond acceptors (Lipinski definition) is 7. The first kappa shape index (κ1) is 23.5. The summed E-state index contributed by atoms with van der Waals surface area (Å²) >= 11 is 0. The largest absolute Gasteiger partial charge is 0.495 e. The van der Waals surface area contributed by atoms with E-state index < -0.39 is 10.0 Å². The minimum absolute atomic E-state index is 0.0208. The Morgan fingerprint density at radius 3 is 2.50 bits per heavy atom. The van der Waals surface area contributed by atoms with Crippen molar-refractivity contribution >= 4 is 10.0 Å². The number of piperazine rings is 1. The normalized spacial score (nSPS) is 24.1. The van der Waals surface area contributed by atoms with Gasteiger partial charge in [-0.05, 0) is 36.0 Å². The molecule has 9 heteroatoms. The van der Waals surface area contributed by atoms with Gasteiger partial charge in [-0.2, -0.15) is 4.31 Å². The van der Waals surface area contributed by atoms with Crippen LogP contribution in [0.3, 0.4) is 0 Å². The van der Waals surface area contributed by atoms with Gasteiger partial charge < -0.3 is 9.47 Å². The summed E-state index contributed by atoms with van der Waals surface area (Å²) in [6.07, 6.45) is 6.67. The zero-order valence-electron chi connectivity index (χ0n) is 20.4. The molecule has 3 heterocycles. The van der Waals surface area contributed by atoms with Crippen molar-refractivity contribution < 1.29 is 17.9 Å². The lowest BCUT2D eigenvalue weighted by molar-refractivity contribution is 0.151. The van der Waals surface area contributed by atoms with Crippen LogP contribution in [0.25, 0.3) is 0 Å². The highest BCUT2D eigenvalue weighted by Crippen LogP contribution is 2.39. The van der Waals surface area contributed by atoms with Crippen LogP contribution < -0.4 is 9.47 Å². The maximum atomic E-state index is 13.7. The van der Waals surface area contributed by atoms with E-state index in [1.54, 1.807) is 22.6 Å². The minimum atomic E-state index is -3.69. The van der Waals surface area contributed by atoms with Crippen molar-refractivity contribution in [1.29, 1.82) is 0 Å². The molecule has 5 rings (SSSR count). The lowest BCUT2D eigenvalue weighted by Gasteiger charge is -2.36. The molecular formula is C25H34N4O4S. The molecule has 184 valence electrons. The molecule has 0 amide bonds. The second kappa shape index (κ2) is 8.77. The van der Waals surface area contributed by atoms with Gasteiger partial charge in [0.2, 0.25) is 15.9 Å². The van der Waals surface area contributed by atoms with Gasteiger partial charge in [-0.15, -0.1) is 0 Å². The van der Waals surface area contributed by atoms with Crippen molar-refractivity contribution in [3.05, 3.63) is 41.9 Å². The Hall–Kier alpha value is -2.23. The van der Waals surface area contributed by atoms with E-state index in [0.29, 0.717) is 37.2 Å². The topological polar surface area (TPSA) is 84.9 Å². The number of benzene rings is 1. The Labute approximate surface area is 202 Å². The molecule has 0 N–H and O–H groups in total. The minimum Gasteiger partial charge on any atom is -0.495 e. The zero-order chi connectivity index (χ0) is 24.1. The van der Waals surface area contributed by atoms with E-state index in [9.17, 15) is 8.42 Å². The Morgan fingerprint density at radius 2 is 1.85 bits per heavy atom. The van der Waals surface area contributed by atoms with Crippen LogP contribution in [-0.4, -0.2) is 73.0 Å². The third kappa shape index (κ3) is 4.65. The Bertz CT molecular complexity index is 1140. The first-order valence-corrected chi connectivity index (χ1v) is 13.5. The van der Waals surface area contributed by atoms with Gasteiger partial charge in [0.1, 0.15) is 16.7 Å². The van der Waals surface area contributed by atoms with Crippen LogP contribution in [0.4, 0.5) is 0 Å². The molecule has 2 aliphatic heterocycles. The molecule has 1 aliphatic carbocycles. The predicted molar refractivity (Wildman–Crippen MR) is 129 cm³/mol. The first-order valence-electron chi connectivity index (χ1n) is 12.1. The van der Waals surface area contributed by atoms with Gasteiger partial charge in [0.05, 0.1) is 25.2 Å². The molecule has 3 fully saturated rings. The summed E-state index contributed by atoms with van der Waals surface area (Å²) in [5.41, 5.74) is 1.85. The highest BCUT2D eigenvalue weighted by atomic mass is 32.2. The van der Waals surface area contributed by atoms with E-state index in [1.165, 1.54) is 20.0 Å². The first-order chi connectivity index (χ1) is 16.1. The highest BCUT2D eigenvalue weighted by molar-refractivity contribution is 7.89.